The van der Waals surface area contributed by atoms with Gasteiger partial charge in [0.1, 0.15) is 0 Å². The van der Waals surface area contributed by atoms with E-state index >= 15 is 0 Å². The van der Waals surface area contributed by atoms with Gasteiger partial charge >= 0.3 is 0 Å². The molecule has 1 aromatic carbocycles. The normalized spacial score (nSPS) is 18.7. The van der Waals surface area contributed by atoms with E-state index in [-0.39, 0.29) is 36.7 Å². The quantitative estimate of drug-likeness (QED) is 0.828. The number of carbonyl (C=O) groups excluding carboxylic acids is 3. The van der Waals surface area contributed by atoms with E-state index in [2.05, 4.69) is 10.6 Å². The van der Waals surface area contributed by atoms with Crippen LogP contribution in [0.3, 0.4) is 0 Å². The lowest BCUT2D eigenvalue weighted by Crippen LogP contribution is -2.42. The van der Waals surface area contributed by atoms with Crippen LogP contribution in [0.5, 0.6) is 0 Å². The molecule has 1 fully saturated rings. The first kappa shape index (κ1) is 18.0. The average Bonchev–Trinajstić information content (AvgIpc) is 3.26. The third-order valence-electron chi connectivity index (χ3n) is 4.55. The summed E-state index contributed by atoms with van der Waals surface area (Å²) < 4.78 is 0. The van der Waals surface area contributed by atoms with E-state index in [1.807, 2.05) is 39.0 Å². The highest BCUT2D eigenvalue weighted by molar-refractivity contribution is 5.96. The van der Waals surface area contributed by atoms with Crippen molar-refractivity contribution in [2.24, 2.45) is 11.8 Å². The minimum atomic E-state index is -0.284. The summed E-state index contributed by atoms with van der Waals surface area (Å²) in [7, 11) is 1.55. The summed E-state index contributed by atoms with van der Waals surface area (Å²) in [5, 5.41) is 5.45. The molecular weight excluding hydrogens is 306 g/mol. The Hall–Kier alpha value is -2.37. The number of anilines is 1. The van der Waals surface area contributed by atoms with Crippen LogP contribution in [0.1, 0.15) is 24.5 Å². The first-order valence-corrected chi connectivity index (χ1v) is 8.17. The number of amides is 3. The Labute approximate surface area is 142 Å². The minimum Gasteiger partial charge on any atom is -0.347 e. The number of likely N-dealkylation sites (N-methyl/N-ethyl adjacent to an activating group) is 1. The van der Waals surface area contributed by atoms with Crippen LogP contribution in [0.4, 0.5) is 5.69 Å². The van der Waals surface area contributed by atoms with E-state index in [1.165, 1.54) is 4.90 Å². The van der Waals surface area contributed by atoms with Crippen molar-refractivity contribution in [3.8, 4) is 0 Å². The zero-order valence-electron chi connectivity index (χ0n) is 14.7. The molecule has 0 aliphatic heterocycles. The van der Waals surface area contributed by atoms with Gasteiger partial charge in [-0.1, -0.05) is 19.1 Å². The van der Waals surface area contributed by atoms with E-state index in [1.54, 1.807) is 7.05 Å². The summed E-state index contributed by atoms with van der Waals surface area (Å²) in [5.41, 5.74) is 2.84. The molecule has 2 rings (SSSR count). The summed E-state index contributed by atoms with van der Waals surface area (Å²) in [6.45, 7) is 5.80. The van der Waals surface area contributed by atoms with Crippen LogP contribution in [0.2, 0.25) is 0 Å². The number of hydrogen-bond acceptors (Lipinski definition) is 3. The van der Waals surface area contributed by atoms with Crippen LogP contribution < -0.4 is 10.6 Å². The molecule has 6 nitrogen and oxygen atoms in total. The molecular formula is C18H25N3O3. The molecule has 0 saturated heterocycles. The number of aryl methyl sites for hydroxylation is 1. The fourth-order valence-electron chi connectivity index (χ4n) is 2.50. The van der Waals surface area contributed by atoms with Gasteiger partial charge in [-0.3, -0.25) is 14.4 Å². The molecule has 0 bridgehead atoms. The van der Waals surface area contributed by atoms with E-state index in [0.29, 0.717) is 5.92 Å². The summed E-state index contributed by atoms with van der Waals surface area (Å²) in [6, 6.07) is 5.68. The lowest BCUT2D eigenvalue weighted by molar-refractivity contribution is -0.134. The largest absolute Gasteiger partial charge is 0.347 e. The SMILES string of the molecule is Cc1cccc(NC(=O)CN(C)C(=O)CNC(=O)[C@H]2C[C@H]2C)c1C. The van der Waals surface area contributed by atoms with Gasteiger partial charge in [0.15, 0.2) is 0 Å². The van der Waals surface area contributed by atoms with Gasteiger partial charge in [0.05, 0.1) is 13.1 Å². The van der Waals surface area contributed by atoms with Crippen molar-refractivity contribution < 1.29 is 14.4 Å². The van der Waals surface area contributed by atoms with Gasteiger partial charge in [-0.05, 0) is 43.4 Å². The lowest BCUT2D eigenvalue weighted by atomic mass is 10.1. The zero-order chi connectivity index (χ0) is 17.9. The number of carbonyl (C=O) groups is 3. The number of rotatable bonds is 6. The van der Waals surface area contributed by atoms with Gasteiger partial charge in [0.25, 0.3) is 0 Å². The van der Waals surface area contributed by atoms with E-state index in [9.17, 15) is 14.4 Å². The maximum Gasteiger partial charge on any atom is 0.243 e. The Morgan fingerprint density at radius 3 is 2.54 bits per heavy atom. The van der Waals surface area contributed by atoms with Crippen molar-refractivity contribution in [2.75, 3.05) is 25.5 Å². The Morgan fingerprint density at radius 1 is 1.25 bits per heavy atom. The number of nitrogens with one attached hydrogen (secondary N) is 2. The summed E-state index contributed by atoms with van der Waals surface area (Å²) in [6.07, 6.45) is 0.883. The smallest absolute Gasteiger partial charge is 0.243 e. The molecule has 1 aliphatic carbocycles. The highest BCUT2D eigenvalue weighted by Gasteiger charge is 2.39. The first-order chi connectivity index (χ1) is 11.3. The van der Waals surface area contributed by atoms with Crippen LogP contribution in [-0.4, -0.2) is 42.8 Å². The molecule has 1 saturated carbocycles. The van der Waals surface area contributed by atoms with Crippen molar-refractivity contribution in [3.05, 3.63) is 29.3 Å². The molecule has 24 heavy (non-hydrogen) atoms. The second kappa shape index (κ2) is 7.47. The van der Waals surface area contributed by atoms with Crippen molar-refractivity contribution in [1.82, 2.24) is 10.2 Å². The van der Waals surface area contributed by atoms with Gasteiger partial charge in [0, 0.05) is 18.7 Å². The number of nitrogens with zero attached hydrogens (tertiary/aromatic N) is 1. The van der Waals surface area contributed by atoms with Crippen molar-refractivity contribution in [3.63, 3.8) is 0 Å². The molecule has 1 aliphatic rings. The standard InChI is InChI=1S/C18H25N3O3/c1-11-6-5-7-15(13(11)3)20-16(22)10-21(4)17(23)9-19-18(24)14-8-12(14)2/h5-7,12,14H,8-10H2,1-4H3,(H,19,24)(H,20,22)/t12-,14+/m1/s1. The summed E-state index contributed by atoms with van der Waals surface area (Å²) >= 11 is 0. The van der Waals surface area contributed by atoms with E-state index in [4.69, 9.17) is 0 Å². The van der Waals surface area contributed by atoms with Gasteiger partial charge < -0.3 is 15.5 Å². The topological polar surface area (TPSA) is 78.5 Å². The molecule has 1 aromatic rings. The second-order valence-electron chi connectivity index (χ2n) is 6.58. The molecule has 2 N–H and O–H groups in total. The number of benzene rings is 1. The predicted molar refractivity (Wildman–Crippen MR) is 92.5 cm³/mol. The Kier molecular flexibility index (Phi) is 5.59. The van der Waals surface area contributed by atoms with Crippen molar-refractivity contribution >= 4 is 23.4 Å². The molecule has 0 heterocycles. The monoisotopic (exact) mass is 331 g/mol. The molecule has 2 atom stereocenters. The van der Waals surface area contributed by atoms with Crippen LogP contribution in [-0.2, 0) is 14.4 Å². The van der Waals surface area contributed by atoms with Crippen LogP contribution in [0.15, 0.2) is 18.2 Å². The van der Waals surface area contributed by atoms with E-state index in [0.717, 1.165) is 23.2 Å². The van der Waals surface area contributed by atoms with Gasteiger partial charge in [-0.15, -0.1) is 0 Å². The highest BCUT2D eigenvalue weighted by atomic mass is 16.2. The molecule has 6 heteroatoms. The van der Waals surface area contributed by atoms with Crippen LogP contribution in [0, 0.1) is 25.7 Å². The van der Waals surface area contributed by atoms with Crippen molar-refractivity contribution in [2.45, 2.75) is 27.2 Å². The lowest BCUT2D eigenvalue weighted by Gasteiger charge is -2.18. The summed E-state index contributed by atoms with van der Waals surface area (Å²) in [5.74, 6) is -0.185. The third-order valence-corrected chi connectivity index (χ3v) is 4.55. The molecule has 0 radical (unpaired) electrons. The fraction of sp³-hybridized carbons (Fsp3) is 0.500. The van der Waals surface area contributed by atoms with Gasteiger partial charge in [-0.25, -0.2) is 0 Å². The Balaban J connectivity index is 1.79. The zero-order valence-corrected chi connectivity index (χ0v) is 14.7. The maximum atomic E-state index is 12.1. The molecule has 130 valence electrons. The Morgan fingerprint density at radius 2 is 1.92 bits per heavy atom. The highest BCUT2D eigenvalue weighted by Crippen LogP contribution is 2.37. The first-order valence-electron chi connectivity index (χ1n) is 8.17. The van der Waals surface area contributed by atoms with Gasteiger partial charge in [-0.2, -0.15) is 0 Å². The van der Waals surface area contributed by atoms with Crippen LogP contribution in [0.25, 0.3) is 0 Å². The third kappa shape index (κ3) is 4.57. The predicted octanol–water partition coefficient (Wildman–Crippen LogP) is 1.47. The molecule has 0 aromatic heterocycles. The van der Waals surface area contributed by atoms with Crippen molar-refractivity contribution in [1.29, 1.82) is 0 Å². The average molecular weight is 331 g/mol. The Bertz CT molecular complexity index is 657. The summed E-state index contributed by atoms with van der Waals surface area (Å²) in [4.78, 5) is 37.1. The van der Waals surface area contributed by atoms with Gasteiger partial charge in [0.2, 0.25) is 17.7 Å². The van der Waals surface area contributed by atoms with Crippen LogP contribution >= 0.6 is 0 Å². The molecule has 0 spiro atoms. The number of hydrogen-bond donors (Lipinski definition) is 2. The molecule has 0 unspecified atom stereocenters. The minimum absolute atomic E-state index is 0.0377. The fourth-order valence-corrected chi connectivity index (χ4v) is 2.50. The molecule has 3 amide bonds. The maximum absolute atomic E-state index is 12.1. The second-order valence-corrected chi connectivity index (χ2v) is 6.58. The van der Waals surface area contributed by atoms with E-state index < -0.39 is 0 Å².